The predicted molar refractivity (Wildman–Crippen MR) is 56.5 cm³/mol. The average Bonchev–Trinajstić information content (AvgIpc) is 2.14. The van der Waals surface area contributed by atoms with Gasteiger partial charge in [-0.1, -0.05) is 0 Å². The van der Waals surface area contributed by atoms with E-state index in [9.17, 15) is 22.0 Å². The molecule has 0 saturated carbocycles. The number of alkyl halides is 6. The fourth-order valence-electron chi connectivity index (χ4n) is 1.16. The third-order valence-electron chi connectivity index (χ3n) is 1.80. The predicted octanol–water partition coefficient (Wildman–Crippen LogP) is 4.38. The molecule has 0 atom stereocenters. The second-order valence-electron chi connectivity index (χ2n) is 2.78. The molecule has 0 radical (unpaired) electrons. The number of rotatable bonds is 2. The fraction of sp³-hybridized carbons (Fsp3) is 0.375. The van der Waals surface area contributed by atoms with Crippen molar-refractivity contribution in [3.05, 3.63) is 26.6 Å². The van der Waals surface area contributed by atoms with Gasteiger partial charge in [-0.2, -0.15) is 13.2 Å². The van der Waals surface area contributed by atoms with Gasteiger partial charge in [-0.15, -0.1) is 11.6 Å². The molecule has 1 aromatic rings. The van der Waals surface area contributed by atoms with Crippen LogP contribution in [0, 0.1) is 3.57 Å². The van der Waals surface area contributed by atoms with Crippen molar-refractivity contribution in [3.63, 3.8) is 0 Å². The summed E-state index contributed by atoms with van der Waals surface area (Å²) in [6, 6.07) is 0. The van der Waals surface area contributed by atoms with Gasteiger partial charge in [-0.3, -0.25) is 4.98 Å². The van der Waals surface area contributed by atoms with Crippen LogP contribution in [0.5, 0.6) is 0 Å². The molecule has 0 aliphatic heterocycles. The Morgan fingerprint density at radius 1 is 1.38 bits per heavy atom. The van der Waals surface area contributed by atoms with Gasteiger partial charge in [0.15, 0.2) is 0 Å². The summed E-state index contributed by atoms with van der Waals surface area (Å²) in [6.07, 6.45) is -7.02. The number of pyridine rings is 1. The molecule has 0 fully saturated rings. The molecule has 8 heteroatoms. The smallest absolute Gasteiger partial charge is 0.250 e. The Hall–Kier alpha value is -0.180. The SMILES string of the molecule is FC(F)c1c(I)cnc(C(F)(F)F)c1CCl. The van der Waals surface area contributed by atoms with Crippen LogP contribution in [0.4, 0.5) is 22.0 Å². The Balaban J connectivity index is 3.49. The normalized spacial score (nSPS) is 12.2. The van der Waals surface area contributed by atoms with Gasteiger partial charge >= 0.3 is 6.18 Å². The second-order valence-corrected chi connectivity index (χ2v) is 4.21. The molecule has 0 aromatic carbocycles. The van der Waals surface area contributed by atoms with Crippen molar-refractivity contribution in [2.24, 2.45) is 0 Å². The van der Waals surface area contributed by atoms with Gasteiger partial charge in [-0.25, -0.2) is 8.78 Å². The molecular weight excluding hydrogens is 367 g/mol. The Kier molecular flexibility index (Phi) is 4.33. The van der Waals surface area contributed by atoms with Crippen LogP contribution in [0.1, 0.15) is 23.2 Å². The highest BCUT2D eigenvalue weighted by Crippen LogP contribution is 2.37. The Morgan fingerprint density at radius 2 is 1.94 bits per heavy atom. The van der Waals surface area contributed by atoms with Crippen molar-refractivity contribution in [3.8, 4) is 0 Å². The lowest BCUT2D eigenvalue weighted by Gasteiger charge is -2.15. The van der Waals surface area contributed by atoms with Crippen molar-refractivity contribution < 1.29 is 22.0 Å². The van der Waals surface area contributed by atoms with E-state index in [0.717, 1.165) is 6.20 Å². The topological polar surface area (TPSA) is 12.9 Å². The molecule has 1 aromatic heterocycles. The van der Waals surface area contributed by atoms with E-state index in [4.69, 9.17) is 11.6 Å². The minimum atomic E-state index is -4.78. The van der Waals surface area contributed by atoms with Crippen LogP contribution in [0.3, 0.4) is 0 Å². The molecule has 1 heterocycles. The number of hydrogen-bond donors (Lipinski definition) is 0. The maximum Gasteiger partial charge on any atom is 0.433 e. The van der Waals surface area contributed by atoms with Crippen LogP contribution >= 0.6 is 34.2 Å². The van der Waals surface area contributed by atoms with Gasteiger partial charge in [0.05, 0.1) is 5.88 Å². The van der Waals surface area contributed by atoms with Crippen molar-refractivity contribution in [1.82, 2.24) is 4.98 Å². The summed E-state index contributed by atoms with van der Waals surface area (Å²) in [5.74, 6) is -0.654. The van der Waals surface area contributed by atoms with Crippen LogP contribution in [0.25, 0.3) is 0 Å². The first kappa shape index (κ1) is 13.9. The lowest BCUT2D eigenvalue weighted by molar-refractivity contribution is -0.141. The van der Waals surface area contributed by atoms with Crippen LogP contribution in [-0.2, 0) is 12.1 Å². The van der Waals surface area contributed by atoms with Gasteiger partial charge in [0, 0.05) is 20.9 Å². The zero-order chi connectivity index (χ0) is 12.5. The summed E-state index contributed by atoms with van der Waals surface area (Å²) < 4.78 is 62.5. The molecule has 90 valence electrons. The first-order valence-electron chi connectivity index (χ1n) is 3.87. The third kappa shape index (κ3) is 2.73. The van der Waals surface area contributed by atoms with Crippen LogP contribution < -0.4 is 0 Å². The van der Waals surface area contributed by atoms with Gasteiger partial charge in [-0.05, 0) is 22.6 Å². The lowest BCUT2D eigenvalue weighted by atomic mass is 10.1. The number of aromatic nitrogens is 1. The van der Waals surface area contributed by atoms with E-state index < -0.39 is 35.3 Å². The molecule has 0 amide bonds. The monoisotopic (exact) mass is 371 g/mol. The second kappa shape index (κ2) is 4.99. The molecule has 0 saturated heterocycles. The largest absolute Gasteiger partial charge is 0.433 e. The highest BCUT2D eigenvalue weighted by molar-refractivity contribution is 14.1. The summed E-state index contributed by atoms with van der Waals surface area (Å²) >= 11 is 6.78. The summed E-state index contributed by atoms with van der Waals surface area (Å²) in [5.41, 5.74) is -2.70. The van der Waals surface area contributed by atoms with E-state index in [-0.39, 0.29) is 3.57 Å². The van der Waals surface area contributed by atoms with Crippen molar-refractivity contribution >= 4 is 34.2 Å². The molecule has 0 aliphatic rings. The standard InChI is InChI=1S/C8H4ClF5IN/c9-1-3-5(7(10)11)4(15)2-16-6(3)8(12,13)14/h2,7H,1H2. The Morgan fingerprint density at radius 3 is 2.31 bits per heavy atom. The van der Waals surface area contributed by atoms with E-state index in [2.05, 4.69) is 4.98 Å². The first-order chi connectivity index (χ1) is 7.29. The molecule has 0 bridgehead atoms. The van der Waals surface area contributed by atoms with Crippen LogP contribution in [-0.4, -0.2) is 4.98 Å². The van der Waals surface area contributed by atoms with Crippen molar-refractivity contribution in [1.29, 1.82) is 0 Å². The summed E-state index contributed by atoms with van der Waals surface area (Å²) in [4.78, 5) is 3.11. The molecule has 0 spiro atoms. The fourth-order valence-corrected chi connectivity index (χ4v) is 2.13. The number of hydrogen-bond acceptors (Lipinski definition) is 1. The lowest BCUT2D eigenvalue weighted by Crippen LogP contribution is -2.14. The van der Waals surface area contributed by atoms with Gasteiger partial charge in [0.25, 0.3) is 6.43 Å². The van der Waals surface area contributed by atoms with E-state index >= 15 is 0 Å². The van der Waals surface area contributed by atoms with Crippen molar-refractivity contribution in [2.75, 3.05) is 0 Å². The first-order valence-corrected chi connectivity index (χ1v) is 5.49. The maximum absolute atomic E-state index is 12.6. The molecule has 16 heavy (non-hydrogen) atoms. The van der Waals surface area contributed by atoms with E-state index in [1.165, 1.54) is 22.6 Å². The van der Waals surface area contributed by atoms with Crippen LogP contribution in [0.15, 0.2) is 6.20 Å². The summed E-state index contributed by atoms with van der Waals surface area (Å²) in [6.45, 7) is 0. The minimum Gasteiger partial charge on any atom is -0.250 e. The average molecular weight is 371 g/mol. The minimum absolute atomic E-state index is 0.0312. The van der Waals surface area contributed by atoms with Gasteiger partial charge in [0.2, 0.25) is 0 Å². The van der Waals surface area contributed by atoms with Gasteiger partial charge in [0.1, 0.15) is 5.69 Å². The number of halogens is 7. The number of nitrogens with zero attached hydrogens (tertiary/aromatic N) is 1. The highest BCUT2D eigenvalue weighted by Gasteiger charge is 2.37. The molecule has 1 nitrogen and oxygen atoms in total. The molecule has 0 N–H and O–H groups in total. The Labute approximate surface area is 106 Å². The quantitative estimate of drug-likeness (QED) is 0.427. The van der Waals surface area contributed by atoms with Crippen LogP contribution in [0.2, 0.25) is 0 Å². The molecular formula is C8H4ClF5IN. The van der Waals surface area contributed by atoms with Crippen molar-refractivity contribution in [2.45, 2.75) is 18.5 Å². The van der Waals surface area contributed by atoms with Gasteiger partial charge < -0.3 is 0 Å². The van der Waals surface area contributed by atoms with E-state index in [0.29, 0.717) is 0 Å². The molecule has 0 unspecified atom stereocenters. The van der Waals surface area contributed by atoms with E-state index in [1.54, 1.807) is 0 Å². The Bertz CT molecular complexity index is 393. The molecule has 1 rings (SSSR count). The van der Waals surface area contributed by atoms with E-state index in [1.807, 2.05) is 0 Å². The maximum atomic E-state index is 12.6. The third-order valence-corrected chi connectivity index (χ3v) is 2.92. The zero-order valence-corrected chi connectivity index (χ0v) is 10.4. The zero-order valence-electron chi connectivity index (χ0n) is 7.45. The summed E-state index contributed by atoms with van der Waals surface area (Å²) in [7, 11) is 0. The highest BCUT2D eigenvalue weighted by atomic mass is 127. The molecule has 0 aliphatic carbocycles. The summed E-state index contributed by atoms with van der Waals surface area (Å²) in [5, 5.41) is 0.